The summed E-state index contributed by atoms with van der Waals surface area (Å²) in [7, 11) is 0. The van der Waals surface area contributed by atoms with Crippen molar-refractivity contribution < 1.29 is 0 Å². The van der Waals surface area contributed by atoms with E-state index in [1.807, 2.05) is 5.57 Å². The lowest BCUT2D eigenvalue weighted by atomic mass is 9.97. The maximum absolute atomic E-state index is 2.72. The molecular formula is C56H112. The fourth-order valence-corrected chi connectivity index (χ4v) is 9.13. The van der Waals surface area contributed by atoms with Crippen molar-refractivity contribution in [2.75, 3.05) is 0 Å². The zero-order valence-corrected chi connectivity index (χ0v) is 40.1. The van der Waals surface area contributed by atoms with Crippen molar-refractivity contribution in [1.82, 2.24) is 0 Å². The summed E-state index contributed by atoms with van der Waals surface area (Å²) in [5.74, 6) is 0. The average Bonchev–Trinajstić information content (AvgIpc) is 3.21. The van der Waals surface area contributed by atoms with E-state index >= 15 is 0 Å². The lowest BCUT2D eigenvalue weighted by molar-refractivity contribution is 0.525. The number of hydrogen-bond donors (Lipinski definition) is 0. The van der Waals surface area contributed by atoms with Gasteiger partial charge < -0.3 is 0 Å². The van der Waals surface area contributed by atoms with E-state index in [4.69, 9.17) is 0 Å². The van der Waals surface area contributed by atoms with Crippen LogP contribution in [0.1, 0.15) is 348 Å². The minimum Gasteiger partial charge on any atom is -0.0853 e. The van der Waals surface area contributed by atoms with Gasteiger partial charge in [0.05, 0.1) is 0 Å². The van der Waals surface area contributed by atoms with Gasteiger partial charge in [-0.05, 0) is 38.5 Å². The van der Waals surface area contributed by atoms with Crippen molar-refractivity contribution in [2.24, 2.45) is 0 Å². The van der Waals surface area contributed by atoms with E-state index in [-0.39, 0.29) is 0 Å². The lowest BCUT2D eigenvalue weighted by Gasteiger charge is -2.09. The molecule has 0 aromatic heterocycles. The molecule has 0 spiro atoms. The van der Waals surface area contributed by atoms with Gasteiger partial charge >= 0.3 is 0 Å². The molecule has 0 aromatic carbocycles. The first kappa shape index (κ1) is 55.7. The van der Waals surface area contributed by atoms with E-state index < -0.39 is 0 Å². The second-order valence-electron chi connectivity index (χ2n) is 19.1. The number of rotatable bonds is 51. The van der Waals surface area contributed by atoms with Crippen LogP contribution >= 0.6 is 0 Å². The van der Waals surface area contributed by atoms with Crippen LogP contribution in [-0.2, 0) is 0 Å². The van der Waals surface area contributed by atoms with Gasteiger partial charge in [-0.15, -0.1) is 0 Å². The third kappa shape index (κ3) is 49.9. The van der Waals surface area contributed by atoms with E-state index in [0.29, 0.717) is 0 Å². The molecule has 0 aliphatic carbocycles. The van der Waals surface area contributed by atoms with Crippen LogP contribution in [0.15, 0.2) is 11.6 Å². The molecule has 336 valence electrons. The van der Waals surface area contributed by atoms with Crippen molar-refractivity contribution in [1.29, 1.82) is 0 Å². The van der Waals surface area contributed by atoms with Gasteiger partial charge in [0.1, 0.15) is 0 Å². The van der Waals surface area contributed by atoms with Crippen LogP contribution in [0.3, 0.4) is 0 Å². The van der Waals surface area contributed by atoms with Gasteiger partial charge in [0, 0.05) is 0 Å². The van der Waals surface area contributed by atoms with E-state index in [9.17, 15) is 0 Å². The number of hydrogen-bond acceptors (Lipinski definition) is 0. The predicted molar refractivity (Wildman–Crippen MR) is 261 cm³/mol. The molecule has 0 heteroatoms. The van der Waals surface area contributed by atoms with Crippen LogP contribution < -0.4 is 0 Å². The summed E-state index contributed by atoms with van der Waals surface area (Å²) in [6.07, 6.45) is 77.4. The van der Waals surface area contributed by atoms with Crippen LogP contribution in [0, 0.1) is 0 Å². The molecule has 0 N–H and O–H groups in total. The summed E-state index contributed by atoms with van der Waals surface area (Å²) < 4.78 is 0. The second kappa shape index (κ2) is 52.8. The first-order valence-electron chi connectivity index (χ1n) is 27.5. The highest BCUT2D eigenvalue weighted by atomic mass is 14.1. The van der Waals surface area contributed by atoms with Gasteiger partial charge in [0.2, 0.25) is 0 Å². The molecule has 0 fully saturated rings. The molecule has 0 rings (SSSR count). The molecule has 0 atom stereocenters. The average molecular weight is 786 g/mol. The number of allylic oxidation sites excluding steroid dienone is 2. The maximum atomic E-state index is 2.72. The van der Waals surface area contributed by atoms with E-state index in [2.05, 4.69) is 26.8 Å². The summed E-state index contributed by atoms with van der Waals surface area (Å²) in [6.45, 7) is 6.96. The highest BCUT2D eigenvalue weighted by Crippen LogP contribution is 2.22. The standard InChI is InChI=1S/C56H112/c1-4-7-10-13-16-19-22-25-28-31-34-37-40-43-46-49-52-55-56(53-50-47-44-41-38-35-32-29-26-23-20-17-14-11-8-5-2)54-51-48-45-42-39-36-33-30-27-24-21-18-15-12-9-6-3/h55H,4-54H2,1-3H3. The molecule has 0 radical (unpaired) electrons. The van der Waals surface area contributed by atoms with Gasteiger partial charge in [-0.25, -0.2) is 0 Å². The topological polar surface area (TPSA) is 0 Å². The highest BCUT2D eigenvalue weighted by molar-refractivity contribution is 5.02. The van der Waals surface area contributed by atoms with Crippen molar-refractivity contribution in [2.45, 2.75) is 348 Å². The first-order valence-corrected chi connectivity index (χ1v) is 27.5. The van der Waals surface area contributed by atoms with Crippen LogP contribution in [0.5, 0.6) is 0 Å². The minimum absolute atomic E-state index is 1.35. The quantitative estimate of drug-likeness (QED) is 0.0426. The zero-order chi connectivity index (χ0) is 40.3. The lowest BCUT2D eigenvalue weighted by Crippen LogP contribution is -1.89. The van der Waals surface area contributed by atoms with E-state index in [0.717, 1.165) is 0 Å². The summed E-state index contributed by atoms with van der Waals surface area (Å²) in [6, 6.07) is 0. The smallest absolute Gasteiger partial charge is 0.0320 e. The molecule has 0 aliphatic heterocycles. The van der Waals surface area contributed by atoms with Crippen LogP contribution in [0.2, 0.25) is 0 Å². The van der Waals surface area contributed by atoms with Gasteiger partial charge in [-0.1, -0.05) is 321 Å². The molecule has 56 heavy (non-hydrogen) atoms. The Balaban J connectivity index is 4.01. The number of unbranched alkanes of at least 4 members (excludes halogenated alkanes) is 46. The first-order chi connectivity index (χ1) is 27.8. The van der Waals surface area contributed by atoms with Crippen LogP contribution in [0.4, 0.5) is 0 Å². The molecule has 0 saturated carbocycles. The predicted octanol–water partition coefficient (Wildman–Crippen LogP) is 21.9. The summed E-state index contributed by atoms with van der Waals surface area (Å²) in [4.78, 5) is 0. The van der Waals surface area contributed by atoms with Crippen molar-refractivity contribution in [3.8, 4) is 0 Å². The molecule has 0 aliphatic rings. The zero-order valence-electron chi connectivity index (χ0n) is 40.1. The van der Waals surface area contributed by atoms with Crippen LogP contribution in [-0.4, -0.2) is 0 Å². The molecule has 0 saturated heterocycles. The molecular weight excluding hydrogens is 673 g/mol. The fourth-order valence-electron chi connectivity index (χ4n) is 9.13. The molecule has 0 bridgehead atoms. The Bertz CT molecular complexity index is 650. The van der Waals surface area contributed by atoms with Crippen molar-refractivity contribution in [3.05, 3.63) is 11.6 Å². The van der Waals surface area contributed by atoms with Gasteiger partial charge in [0.15, 0.2) is 0 Å². The fraction of sp³-hybridized carbons (Fsp3) is 0.964. The monoisotopic (exact) mass is 785 g/mol. The third-order valence-electron chi connectivity index (χ3n) is 13.2. The van der Waals surface area contributed by atoms with E-state index in [1.54, 1.807) is 0 Å². The van der Waals surface area contributed by atoms with Crippen molar-refractivity contribution >= 4 is 0 Å². The van der Waals surface area contributed by atoms with Crippen molar-refractivity contribution in [3.63, 3.8) is 0 Å². The summed E-state index contributed by atoms with van der Waals surface area (Å²) in [5.41, 5.74) is 1.83. The Labute approximate surface area is 358 Å². The maximum Gasteiger partial charge on any atom is -0.0320 e. The summed E-state index contributed by atoms with van der Waals surface area (Å²) >= 11 is 0. The van der Waals surface area contributed by atoms with Crippen LogP contribution in [0.25, 0.3) is 0 Å². The van der Waals surface area contributed by atoms with E-state index in [1.165, 1.54) is 327 Å². The SMILES string of the molecule is CCCCCCCCCCCCCCCCCCC=C(CCCCCCCCCCCCCCCCCC)CCCCCCCCCCCCCCCCCC. The second-order valence-corrected chi connectivity index (χ2v) is 19.1. The normalized spacial score (nSPS) is 11.6. The molecule has 0 heterocycles. The molecule has 0 nitrogen and oxygen atoms in total. The molecule has 0 amide bonds. The Kier molecular flexibility index (Phi) is 52.5. The summed E-state index contributed by atoms with van der Waals surface area (Å²) in [5, 5.41) is 0. The van der Waals surface area contributed by atoms with Gasteiger partial charge in [-0.3, -0.25) is 0 Å². The van der Waals surface area contributed by atoms with Gasteiger partial charge in [0.25, 0.3) is 0 Å². The largest absolute Gasteiger partial charge is 0.0853 e. The Morgan fingerprint density at radius 1 is 0.196 bits per heavy atom. The Hall–Kier alpha value is -0.260. The molecule has 0 aromatic rings. The minimum atomic E-state index is 1.35. The Morgan fingerprint density at radius 3 is 0.554 bits per heavy atom. The van der Waals surface area contributed by atoms with Gasteiger partial charge in [-0.2, -0.15) is 0 Å². The third-order valence-corrected chi connectivity index (χ3v) is 13.2. The molecule has 0 unspecified atom stereocenters. The Morgan fingerprint density at radius 2 is 0.357 bits per heavy atom. The highest BCUT2D eigenvalue weighted by Gasteiger charge is 2.02.